The number of carboxylic acids is 1. The molecule has 1 heterocycles. The fourth-order valence-corrected chi connectivity index (χ4v) is 4.21. The van der Waals surface area contributed by atoms with E-state index in [-0.39, 0.29) is 11.6 Å². The zero-order valence-corrected chi connectivity index (χ0v) is 18.6. The summed E-state index contributed by atoms with van der Waals surface area (Å²) in [6.07, 6.45) is 0. The van der Waals surface area contributed by atoms with Gasteiger partial charge in [-0.05, 0) is 74.0 Å². The van der Waals surface area contributed by atoms with Gasteiger partial charge in [-0.15, -0.1) is 0 Å². The number of anilines is 3. The van der Waals surface area contributed by atoms with Gasteiger partial charge in [0, 0.05) is 36.9 Å². The molecular weight excluding hydrogens is 421 g/mol. The van der Waals surface area contributed by atoms with E-state index >= 15 is 0 Å². The second-order valence-electron chi connectivity index (χ2n) is 8.33. The average molecular weight is 448 g/mol. The SMILES string of the molecule is Cc1cccc(N2CCN(c3ccc(C(=O)O)cc3NC(=O)c3ccc(F)cc3)C[C@@H]2C)c1. The summed E-state index contributed by atoms with van der Waals surface area (Å²) in [6, 6.07) is 18.6. The van der Waals surface area contributed by atoms with Gasteiger partial charge < -0.3 is 20.2 Å². The first-order valence-electron chi connectivity index (χ1n) is 10.8. The summed E-state index contributed by atoms with van der Waals surface area (Å²) >= 11 is 0. The van der Waals surface area contributed by atoms with Crippen molar-refractivity contribution < 1.29 is 19.1 Å². The molecule has 4 rings (SSSR count). The Morgan fingerprint density at radius 3 is 2.39 bits per heavy atom. The minimum atomic E-state index is -1.07. The van der Waals surface area contributed by atoms with E-state index in [0.717, 1.165) is 12.2 Å². The molecule has 0 unspecified atom stereocenters. The Morgan fingerprint density at radius 1 is 1.00 bits per heavy atom. The summed E-state index contributed by atoms with van der Waals surface area (Å²) in [4.78, 5) is 28.8. The van der Waals surface area contributed by atoms with Gasteiger partial charge in [0.15, 0.2) is 0 Å². The van der Waals surface area contributed by atoms with E-state index in [1.54, 1.807) is 12.1 Å². The summed E-state index contributed by atoms with van der Waals surface area (Å²) in [6.45, 7) is 6.43. The van der Waals surface area contributed by atoms with E-state index in [9.17, 15) is 19.1 Å². The highest BCUT2D eigenvalue weighted by Gasteiger charge is 2.26. The van der Waals surface area contributed by atoms with Crippen LogP contribution in [-0.2, 0) is 0 Å². The van der Waals surface area contributed by atoms with Crippen molar-refractivity contribution in [2.75, 3.05) is 34.8 Å². The van der Waals surface area contributed by atoms with Gasteiger partial charge in [-0.25, -0.2) is 9.18 Å². The van der Waals surface area contributed by atoms with Gasteiger partial charge in [-0.3, -0.25) is 4.79 Å². The summed E-state index contributed by atoms with van der Waals surface area (Å²) in [5, 5.41) is 12.3. The number of nitrogens with zero attached hydrogens (tertiary/aromatic N) is 2. The summed E-state index contributed by atoms with van der Waals surface area (Å²) in [5.41, 5.74) is 3.93. The number of rotatable bonds is 5. The first-order chi connectivity index (χ1) is 15.8. The molecule has 0 spiro atoms. The van der Waals surface area contributed by atoms with Crippen molar-refractivity contribution in [2.24, 2.45) is 0 Å². The fourth-order valence-electron chi connectivity index (χ4n) is 4.21. The van der Waals surface area contributed by atoms with E-state index in [1.807, 2.05) is 0 Å². The number of halogens is 1. The molecule has 3 aromatic carbocycles. The summed E-state index contributed by atoms with van der Waals surface area (Å²) in [5.74, 6) is -1.93. The number of piperazine rings is 1. The third-order valence-corrected chi connectivity index (χ3v) is 5.90. The van der Waals surface area contributed by atoms with Crippen LogP contribution in [0.15, 0.2) is 66.7 Å². The molecule has 0 aromatic heterocycles. The Kier molecular flexibility index (Phi) is 6.31. The van der Waals surface area contributed by atoms with Gasteiger partial charge in [0.1, 0.15) is 5.82 Å². The van der Waals surface area contributed by atoms with Gasteiger partial charge in [-0.1, -0.05) is 12.1 Å². The molecule has 1 aliphatic heterocycles. The number of carbonyl (C=O) groups is 2. The Balaban J connectivity index is 1.59. The van der Waals surface area contributed by atoms with E-state index in [1.165, 1.54) is 41.6 Å². The highest BCUT2D eigenvalue weighted by molar-refractivity contribution is 6.06. The van der Waals surface area contributed by atoms with E-state index in [2.05, 4.69) is 53.2 Å². The molecule has 1 fully saturated rings. The van der Waals surface area contributed by atoms with Crippen molar-refractivity contribution in [1.82, 2.24) is 0 Å². The zero-order valence-electron chi connectivity index (χ0n) is 18.6. The van der Waals surface area contributed by atoms with E-state index < -0.39 is 17.7 Å². The molecule has 1 amide bonds. The van der Waals surface area contributed by atoms with Gasteiger partial charge >= 0.3 is 5.97 Å². The third-order valence-electron chi connectivity index (χ3n) is 5.90. The van der Waals surface area contributed by atoms with Crippen LogP contribution in [-0.4, -0.2) is 42.7 Å². The molecule has 0 radical (unpaired) electrons. The molecular formula is C26H26FN3O3. The fraction of sp³-hybridized carbons (Fsp3) is 0.231. The lowest BCUT2D eigenvalue weighted by atomic mass is 10.1. The molecule has 1 saturated heterocycles. The number of amides is 1. The van der Waals surface area contributed by atoms with Crippen LogP contribution in [0.1, 0.15) is 33.2 Å². The summed E-state index contributed by atoms with van der Waals surface area (Å²) in [7, 11) is 0. The number of aromatic carboxylic acids is 1. The first kappa shape index (κ1) is 22.3. The highest BCUT2D eigenvalue weighted by Crippen LogP contribution is 2.31. The molecule has 0 aliphatic carbocycles. The molecule has 3 aromatic rings. The number of hydrogen-bond donors (Lipinski definition) is 2. The lowest BCUT2D eigenvalue weighted by Gasteiger charge is -2.43. The first-order valence-corrected chi connectivity index (χ1v) is 10.8. The highest BCUT2D eigenvalue weighted by atomic mass is 19.1. The standard InChI is InChI=1S/C26H26FN3O3/c1-17-4-3-5-22(14-17)30-13-12-29(16-18(30)2)24-11-8-20(26(32)33)15-23(24)28-25(31)19-6-9-21(27)10-7-19/h3-11,14-15,18H,12-13,16H2,1-2H3,(H,28,31)(H,32,33)/t18-/m0/s1. The van der Waals surface area contributed by atoms with Crippen molar-refractivity contribution in [1.29, 1.82) is 0 Å². The third kappa shape index (κ3) is 4.98. The monoisotopic (exact) mass is 447 g/mol. The van der Waals surface area contributed by atoms with Gasteiger partial charge in [0.2, 0.25) is 0 Å². The Hall–Kier alpha value is -3.87. The Morgan fingerprint density at radius 2 is 1.73 bits per heavy atom. The van der Waals surface area contributed by atoms with Gasteiger partial charge in [-0.2, -0.15) is 0 Å². The van der Waals surface area contributed by atoms with Crippen LogP contribution >= 0.6 is 0 Å². The maximum atomic E-state index is 13.2. The predicted molar refractivity (Wildman–Crippen MR) is 128 cm³/mol. The maximum Gasteiger partial charge on any atom is 0.335 e. The topological polar surface area (TPSA) is 72.9 Å². The predicted octanol–water partition coefficient (Wildman–Crippen LogP) is 4.80. The smallest absolute Gasteiger partial charge is 0.335 e. The molecule has 0 bridgehead atoms. The Bertz CT molecular complexity index is 1180. The van der Waals surface area contributed by atoms with E-state index in [4.69, 9.17) is 0 Å². The summed E-state index contributed by atoms with van der Waals surface area (Å²) < 4.78 is 13.2. The van der Waals surface area contributed by atoms with E-state index in [0.29, 0.717) is 24.3 Å². The molecule has 0 saturated carbocycles. The number of aryl methyl sites for hydroxylation is 1. The second kappa shape index (κ2) is 9.32. The second-order valence-corrected chi connectivity index (χ2v) is 8.33. The van der Waals surface area contributed by atoms with Crippen molar-refractivity contribution in [3.8, 4) is 0 Å². The molecule has 33 heavy (non-hydrogen) atoms. The largest absolute Gasteiger partial charge is 0.478 e. The van der Waals surface area contributed by atoms with Crippen LogP contribution in [0.4, 0.5) is 21.5 Å². The lowest BCUT2D eigenvalue weighted by Crippen LogP contribution is -2.52. The normalized spacial score (nSPS) is 15.9. The minimum absolute atomic E-state index is 0.0830. The van der Waals surface area contributed by atoms with Crippen LogP contribution in [0.3, 0.4) is 0 Å². The molecule has 6 nitrogen and oxygen atoms in total. The number of carboxylic acid groups (broad SMARTS) is 1. The molecule has 7 heteroatoms. The van der Waals surface area contributed by atoms with Crippen LogP contribution in [0, 0.1) is 12.7 Å². The van der Waals surface area contributed by atoms with Crippen molar-refractivity contribution in [2.45, 2.75) is 19.9 Å². The van der Waals surface area contributed by atoms with Crippen LogP contribution < -0.4 is 15.1 Å². The van der Waals surface area contributed by atoms with Crippen molar-refractivity contribution in [3.63, 3.8) is 0 Å². The molecule has 1 atom stereocenters. The quantitative estimate of drug-likeness (QED) is 0.588. The number of benzene rings is 3. The van der Waals surface area contributed by atoms with Gasteiger partial charge in [0.05, 0.1) is 16.9 Å². The molecule has 1 aliphatic rings. The van der Waals surface area contributed by atoms with Gasteiger partial charge in [0.25, 0.3) is 5.91 Å². The number of nitrogens with one attached hydrogen (secondary N) is 1. The number of carbonyl (C=O) groups excluding carboxylic acids is 1. The maximum absolute atomic E-state index is 13.2. The molecule has 170 valence electrons. The molecule has 2 N–H and O–H groups in total. The average Bonchev–Trinajstić information content (AvgIpc) is 2.79. The lowest BCUT2D eigenvalue weighted by molar-refractivity contribution is 0.0696. The van der Waals surface area contributed by atoms with Crippen LogP contribution in [0.5, 0.6) is 0 Å². The van der Waals surface area contributed by atoms with Crippen molar-refractivity contribution >= 4 is 28.9 Å². The van der Waals surface area contributed by atoms with Crippen LogP contribution in [0.2, 0.25) is 0 Å². The number of hydrogen-bond acceptors (Lipinski definition) is 4. The zero-order chi connectivity index (χ0) is 23.5. The van der Waals surface area contributed by atoms with Crippen LogP contribution in [0.25, 0.3) is 0 Å². The minimum Gasteiger partial charge on any atom is -0.478 e. The van der Waals surface area contributed by atoms with Crippen molar-refractivity contribution in [3.05, 3.63) is 89.2 Å². The Labute approximate surface area is 192 Å².